The van der Waals surface area contributed by atoms with E-state index in [9.17, 15) is 4.79 Å². The molecule has 1 N–H and O–H groups in total. The fourth-order valence-corrected chi connectivity index (χ4v) is 2.20. The summed E-state index contributed by atoms with van der Waals surface area (Å²) >= 11 is 0. The van der Waals surface area contributed by atoms with Crippen LogP contribution in [0.5, 0.6) is 0 Å². The molecule has 0 radical (unpaired) electrons. The fourth-order valence-electron chi connectivity index (χ4n) is 2.20. The van der Waals surface area contributed by atoms with Crippen molar-refractivity contribution in [2.24, 2.45) is 0 Å². The van der Waals surface area contributed by atoms with Crippen molar-refractivity contribution in [2.45, 2.75) is 38.6 Å². The van der Waals surface area contributed by atoms with E-state index in [1.807, 2.05) is 13.0 Å². The molecule has 0 spiro atoms. The van der Waals surface area contributed by atoms with Gasteiger partial charge in [0.25, 0.3) is 0 Å². The Morgan fingerprint density at radius 2 is 2.27 bits per heavy atom. The number of carbonyl (C=O) groups excluding carboxylic acids is 1. The van der Waals surface area contributed by atoms with E-state index in [1.54, 1.807) is 0 Å². The van der Waals surface area contributed by atoms with Gasteiger partial charge in [-0.3, -0.25) is 4.79 Å². The largest absolute Gasteiger partial charge is 0.349 e. The maximum Gasteiger partial charge on any atom is 0.220 e. The minimum Gasteiger partial charge on any atom is -0.349 e. The number of fused-ring (bicyclic) bond motifs is 1. The topological polar surface area (TPSA) is 29.1 Å². The summed E-state index contributed by atoms with van der Waals surface area (Å²) in [4.78, 5) is 11.5. The SMILES string of the molecule is CCCC(=O)NC1CCc2ccccc21. The molecule has 1 aliphatic rings. The van der Waals surface area contributed by atoms with Crippen molar-refractivity contribution in [3.05, 3.63) is 35.4 Å². The lowest BCUT2D eigenvalue weighted by Crippen LogP contribution is -2.26. The van der Waals surface area contributed by atoms with Crippen LogP contribution in [-0.2, 0) is 11.2 Å². The molecular formula is C13H17NO. The highest BCUT2D eigenvalue weighted by Crippen LogP contribution is 2.30. The molecule has 1 aliphatic carbocycles. The van der Waals surface area contributed by atoms with Crippen LogP contribution < -0.4 is 5.32 Å². The summed E-state index contributed by atoms with van der Waals surface area (Å²) < 4.78 is 0. The van der Waals surface area contributed by atoms with Crippen LogP contribution in [0.15, 0.2) is 24.3 Å². The van der Waals surface area contributed by atoms with Gasteiger partial charge in [0.2, 0.25) is 5.91 Å². The number of nitrogens with one attached hydrogen (secondary N) is 1. The van der Waals surface area contributed by atoms with E-state index in [2.05, 4.69) is 23.5 Å². The van der Waals surface area contributed by atoms with E-state index in [-0.39, 0.29) is 11.9 Å². The number of benzene rings is 1. The summed E-state index contributed by atoms with van der Waals surface area (Å²) in [6.45, 7) is 2.03. The molecule has 0 aromatic heterocycles. The maximum atomic E-state index is 11.5. The van der Waals surface area contributed by atoms with Crippen molar-refractivity contribution in [1.82, 2.24) is 5.32 Å². The van der Waals surface area contributed by atoms with E-state index in [4.69, 9.17) is 0 Å². The van der Waals surface area contributed by atoms with Crippen molar-refractivity contribution in [3.8, 4) is 0 Å². The van der Waals surface area contributed by atoms with Gasteiger partial charge in [-0.25, -0.2) is 0 Å². The number of aryl methyl sites for hydroxylation is 1. The minimum atomic E-state index is 0.180. The first-order valence-corrected chi connectivity index (χ1v) is 5.68. The van der Waals surface area contributed by atoms with Crippen molar-refractivity contribution >= 4 is 5.91 Å². The highest BCUT2D eigenvalue weighted by atomic mass is 16.1. The van der Waals surface area contributed by atoms with Crippen molar-refractivity contribution in [2.75, 3.05) is 0 Å². The summed E-state index contributed by atoms with van der Waals surface area (Å²) in [7, 11) is 0. The van der Waals surface area contributed by atoms with E-state index in [0.717, 1.165) is 19.3 Å². The lowest BCUT2D eigenvalue weighted by atomic mass is 10.1. The van der Waals surface area contributed by atoms with Gasteiger partial charge >= 0.3 is 0 Å². The predicted molar refractivity (Wildman–Crippen MR) is 60.6 cm³/mol. The molecule has 0 heterocycles. The van der Waals surface area contributed by atoms with E-state index in [1.165, 1.54) is 11.1 Å². The summed E-state index contributed by atoms with van der Waals surface area (Å²) in [5.41, 5.74) is 2.70. The van der Waals surface area contributed by atoms with Gasteiger partial charge in [0.05, 0.1) is 6.04 Å². The van der Waals surface area contributed by atoms with Gasteiger partial charge < -0.3 is 5.32 Å². The molecule has 1 aromatic carbocycles. The van der Waals surface area contributed by atoms with Gasteiger partial charge in [0.1, 0.15) is 0 Å². The minimum absolute atomic E-state index is 0.180. The monoisotopic (exact) mass is 203 g/mol. The Hall–Kier alpha value is -1.31. The molecule has 15 heavy (non-hydrogen) atoms. The zero-order chi connectivity index (χ0) is 10.7. The number of rotatable bonds is 3. The highest BCUT2D eigenvalue weighted by molar-refractivity contribution is 5.76. The van der Waals surface area contributed by atoms with Crippen LogP contribution in [0.2, 0.25) is 0 Å². The number of carbonyl (C=O) groups is 1. The van der Waals surface area contributed by atoms with Gasteiger partial charge in [-0.1, -0.05) is 31.2 Å². The summed E-state index contributed by atoms with van der Waals surface area (Å²) in [5, 5.41) is 3.10. The molecule has 2 nitrogen and oxygen atoms in total. The molecule has 1 aromatic rings. The Kier molecular flexibility index (Phi) is 3.05. The van der Waals surface area contributed by atoms with Gasteiger partial charge in [-0.05, 0) is 30.4 Å². The van der Waals surface area contributed by atoms with Crippen LogP contribution in [0.3, 0.4) is 0 Å². The van der Waals surface area contributed by atoms with Crippen molar-refractivity contribution < 1.29 is 4.79 Å². The van der Waals surface area contributed by atoms with Crippen LogP contribution in [0.25, 0.3) is 0 Å². The average molecular weight is 203 g/mol. The number of amides is 1. The molecular weight excluding hydrogens is 186 g/mol. The second-order valence-electron chi connectivity index (χ2n) is 4.11. The van der Waals surface area contributed by atoms with Crippen LogP contribution in [0, 0.1) is 0 Å². The molecule has 2 heteroatoms. The molecule has 1 atom stereocenters. The van der Waals surface area contributed by atoms with Crippen LogP contribution in [-0.4, -0.2) is 5.91 Å². The second-order valence-corrected chi connectivity index (χ2v) is 4.11. The Balaban J connectivity index is 2.04. The normalized spacial score (nSPS) is 18.6. The van der Waals surface area contributed by atoms with Crippen LogP contribution >= 0.6 is 0 Å². The molecule has 0 aliphatic heterocycles. The second kappa shape index (κ2) is 4.47. The number of hydrogen-bond donors (Lipinski definition) is 1. The van der Waals surface area contributed by atoms with Gasteiger partial charge in [-0.2, -0.15) is 0 Å². The Labute approximate surface area is 90.7 Å². The molecule has 0 fully saturated rings. The third-order valence-corrected chi connectivity index (χ3v) is 2.95. The summed E-state index contributed by atoms with van der Waals surface area (Å²) in [5.74, 6) is 0.180. The Bertz CT molecular complexity index is 359. The lowest BCUT2D eigenvalue weighted by molar-refractivity contribution is -0.121. The molecule has 0 saturated carbocycles. The first-order chi connectivity index (χ1) is 7.31. The van der Waals surface area contributed by atoms with Gasteiger partial charge in [0, 0.05) is 6.42 Å². The predicted octanol–water partition coefficient (Wildman–Crippen LogP) is 2.59. The van der Waals surface area contributed by atoms with E-state index in [0.29, 0.717) is 6.42 Å². The third-order valence-electron chi connectivity index (χ3n) is 2.95. The van der Waals surface area contributed by atoms with E-state index < -0.39 is 0 Å². The fraction of sp³-hybridized carbons (Fsp3) is 0.462. The average Bonchev–Trinajstić information content (AvgIpc) is 2.62. The molecule has 0 saturated heterocycles. The Morgan fingerprint density at radius 3 is 3.07 bits per heavy atom. The first kappa shape index (κ1) is 10.2. The standard InChI is InChI=1S/C13H17NO/c1-2-5-13(15)14-12-9-8-10-6-3-4-7-11(10)12/h3-4,6-7,12H,2,5,8-9H2,1H3,(H,14,15). The summed E-state index contributed by atoms with van der Waals surface area (Å²) in [6, 6.07) is 8.64. The quantitative estimate of drug-likeness (QED) is 0.803. The van der Waals surface area contributed by atoms with Gasteiger partial charge in [0.15, 0.2) is 0 Å². The van der Waals surface area contributed by atoms with Crippen molar-refractivity contribution in [1.29, 1.82) is 0 Å². The molecule has 1 amide bonds. The number of hydrogen-bond acceptors (Lipinski definition) is 1. The molecule has 80 valence electrons. The third kappa shape index (κ3) is 2.20. The molecule has 2 rings (SSSR count). The van der Waals surface area contributed by atoms with Crippen molar-refractivity contribution in [3.63, 3.8) is 0 Å². The Morgan fingerprint density at radius 1 is 1.47 bits per heavy atom. The van der Waals surface area contributed by atoms with Gasteiger partial charge in [-0.15, -0.1) is 0 Å². The van der Waals surface area contributed by atoms with Crippen LogP contribution in [0.1, 0.15) is 43.4 Å². The lowest BCUT2D eigenvalue weighted by Gasteiger charge is -2.13. The molecule has 1 unspecified atom stereocenters. The van der Waals surface area contributed by atoms with E-state index >= 15 is 0 Å². The molecule has 0 bridgehead atoms. The first-order valence-electron chi connectivity index (χ1n) is 5.68. The van der Waals surface area contributed by atoms with Crippen LogP contribution in [0.4, 0.5) is 0 Å². The highest BCUT2D eigenvalue weighted by Gasteiger charge is 2.22. The maximum absolute atomic E-state index is 11.5. The zero-order valence-corrected chi connectivity index (χ0v) is 9.12. The summed E-state index contributed by atoms with van der Waals surface area (Å²) in [6.07, 6.45) is 3.70. The smallest absolute Gasteiger partial charge is 0.220 e. The zero-order valence-electron chi connectivity index (χ0n) is 9.12.